The fourth-order valence-electron chi connectivity index (χ4n) is 6.29. The van der Waals surface area contributed by atoms with E-state index in [1.165, 1.54) is 0 Å². The predicted octanol–water partition coefficient (Wildman–Crippen LogP) is 5.51. The van der Waals surface area contributed by atoms with Crippen molar-refractivity contribution in [3.8, 4) is 0 Å². The van der Waals surface area contributed by atoms with E-state index in [1.54, 1.807) is 38.5 Å². The molecule has 0 amide bonds. The highest BCUT2D eigenvalue weighted by Gasteiger charge is 2.86. The Kier molecular flexibility index (Phi) is 1.77. The lowest BCUT2D eigenvalue weighted by molar-refractivity contribution is -0.299. The van der Waals surface area contributed by atoms with Crippen molar-refractivity contribution in [2.75, 3.05) is 0 Å². The third-order valence-corrected chi connectivity index (χ3v) is 15.8. The van der Waals surface area contributed by atoms with Gasteiger partial charge in [0.1, 0.15) is 0 Å². The summed E-state index contributed by atoms with van der Waals surface area (Å²) >= 11 is 0. The largest absolute Gasteiger partial charge is 0.0691 e. The van der Waals surface area contributed by atoms with Crippen LogP contribution in [0.3, 0.4) is 0 Å². The second-order valence-electron chi connectivity index (χ2n) is 10.7. The lowest BCUT2D eigenvalue weighted by Crippen LogP contribution is -2.81. The Morgan fingerprint density at radius 1 is 0.500 bits per heavy atom. The minimum absolute atomic E-state index is 0.876. The summed E-state index contributed by atoms with van der Waals surface area (Å²) in [5, 5.41) is 1.80. The molecule has 6 aliphatic rings. The monoisotopic (exact) mass is 278 g/mol. The van der Waals surface area contributed by atoms with Crippen LogP contribution in [0.1, 0.15) is 38.5 Å². The van der Waals surface area contributed by atoms with Gasteiger partial charge < -0.3 is 0 Å². The Balaban J connectivity index is 1.47. The van der Waals surface area contributed by atoms with Gasteiger partial charge in [0, 0.05) is 0 Å². The van der Waals surface area contributed by atoms with Crippen molar-refractivity contribution in [1.82, 2.24) is 0 Å². The lowest BCUT2D eigenvalue weighted by atomic mass is 9.23. The van der Waals surface area contributed by atoms with Crippen LogP contribution in [0.2, 0.25) is 49.4 Å². The zero-order chi connectivity index (χ0) is 13.2. The van der Waals surface area contributed by atoms with Gasteiger partial charge in [0.15, 0.2) is 0 Å². The molecule has 6 rings (SSSR count). The summed E-state index contributed by atoms with van der Waals surface area (Å²) in [6, 6.07) is 0. The summed E-state index contributed by atoms with van der Waals surface area (Å²) in [6.07, 6.45) is 9.90. The minimum Gasteiger partial charge on any atom is -0.0691 e. The van der Waals surface area contributed by atoms with E-state index >= 15 is 0 Å². The normalized spacial score (nSPS) is 57.0. The SMILES string of the molecule is C[Si](C)(C)C12CC(C34CC([Si](C)(C)C)(C3)C4)(C1)C2. The van der Waals surface area contributed by atoms with Crippen LogP contribution in [0, 0.1) is 10.8 Å². The van der Waals surface area contributed by atoms with E-state index in [0.29, 0.717) is 0 Å². The average molecular weight is 279 g/mol. The molecule has 0 heterocycles. The van der Waals surface area contributed by atoms with Crippen LogP contribution in [-0.4, -0.2) is 16.1 Å². The van der Waals surface area contributed by atoms with Gasteiger partial charge in [0.25, 0.3) is 0 Å². The first-order valence-electron chi connectivity index (χ1n) is 7.99. The minimum atomic E-state index is -0.876. The maximum atomic E-state index is 2.61. The third kappa shape index (κ3) is 0.973. The predicted molar refractivity (Wildman–Crippen MR) is 84.6 cm³/mol. The highest BCUT2D eigenvalue weighted by molar-refractivity contribution is 6.80. The van der Waals surface area contributed by atoms with E-state index in [1.807, 2.05) is 0 Å². The second kappa shape index (κ2) is 2.61. The molecule has 0 N–H and O–H groups in total. The van der Waals surface area contributed by atoms with E-state index in [2.05, 4.69) is 39.3 Å². The Morgan fingerprint density at radius 2 is 0.722 bits per heavy atom. The summed E-state index contributed by atoms with van der Waals surface area (Å²) in [5.41, 5.74) is 1.77. The first-order chi connectivity index (χ1) is 7.99. The number of rotatable bonds is 3. The Hall–Kier alpha value is 0.434. The summed E-state index contributed by atoms with van der Waals surface area (Å²) < 4.78 is 0. The maximum Gasteiger partial charge on any atom is 0.0506 e. The molecule has 0 aromatic rings. The van der Waals surface area contributed by atoms with Crippen molar-refractivity contribution >= 4 is 16.1 Å². The van der Waals surface area contributed by atoms with Gasteiger partial charge in [-0.25, -0.2) is 0 Å². The highest BCUT2D eigenvalue weighted by atomic mass is 28.3. The zero-order valence-corrected chi connectivity index (χ0v) is 15.2. The van der Waals surface area contributed by atoms with Crippen LogP contribution >= 0.6 is 0 Å². The van der Waals surface area contributed by atoms with E-state index < -0.39 is 16.1 Å². The van der Waals surface area contributed by atoms with E-state index in [0.717, 1.165) is 20.9 Å². The molecule has 2 heteroatoms. The Bertz CT molecular complexity index is 353. The van der Waals surface area contributed by atoms with Gasteiger partial charge >= 0.3 is 0 Å². The van der Waals surface area contributed by atoms with Crippen LogP contribution in [0.4, 0.5) is 0 Å². The maximum absolute atomic E-state index is 2.61. The molecule has 4 bridgehead atoms. The van der Waals surface area contributed by atoms with Gasteiger partial charge in [0.2, 0.25) is 0 Å². The van der Waals surface area contributed by atoms with Crippen LogP contribution in [-0.2, 0) is 0 Å². The average Bonchev–Trinajstić information content (AvgIpc) is 1.77. The van der Waals surface area contributed by atoms with Crippen LogP contribution in [0.15, 0.2) is 0 Å². The molecule has 0 atom stereocenters. The topological polar surface area (TPSA) is 0 Å². The number of hydrogen-bond acceptors (Lipinski definition) is 0. The molecule has 18 heavy (non-hydrogen) atoms. The standard InChI is InChI=1S/C16H30Si2/c1-17(2,3)15-7-13(8-15,9-15)14-10-16(11-14,12-14)18(4,5)6/h7-12H2,1-6H3. The quantitative estimate of drug-likeness (QED) is 0.597. The molecule has 0 aliphatic heterocycles. The molecule has 0 spiro atoms. The molecule has 0 radical (unpaired) electrons. The molecule has 6 fully saturated rings. The van der Waals surface area contributed by atoms with E-state index in [-0.39, 0.29) is 0 Å². The van der Waals surface area contributed by atoms with Crippen molar-refractivity contribution in [2.24, 2.45) is 10.8 Å². The molecular formula is C16H30Si2. The van der Waals surface area contributed by atoms with Crippen molar-refractivity contribution in [3.63, 3.8) is 0 Å². The van der Waals surface area contributed by atoms with Crippen molar-refractivity contribution in [3.05, 3.63) is 0 Å². The van der Waals surface area contributed by atoms with Crippen molar-refractivity contribution in [1.29, 1.82) is 0 Å². The van der Waals surface area contributed by atoms with E-state index in [4.69, 9.17) is 0 Å². The van der Waals surface area contributed by atoms with Gasteiger partial charge in [-0.3, -0.25) is 0 Å². The Morgan fingerprint density at radius 3 is 0.889 bits per heavy atom. The second-order valence-corrected chi connectivity index (χ2v) is 21.8. The van der Waals surface area contributed by atoms with Gasteiger partial charge in [-0.1, -0.05) is 39.3 Å². The van der Waals surface area contributed by atoms with Crippen LogP contribution < -0.4 is 0 Å². The van der Waals surface area contributed by atoms with Gasteiger partial charge in [0.05, 0.1) is 16.1 Å². The molecule has 6 aliphatic carbocycles. The third-order valence-electron chi connectivity index (χ3n) is 8.37. The molecule has 102 valence electrons. The van der Waals surface area contributed by atoms with Gasteiger partial charge in [-0.15, -0.1) is 0 Å². The van der Waals surface area contributed by atoms with Gasteiger partial charge in [-0.05, 0) is 59.4 Å². The first kappa shape index (κ1) is 12.2. The molecule has 0 unspecified atom stereocenters. The van der Waals surface area contributed by atoms with Crippen LogP contribution in [0.25, 0.3) is 0 Å². The molecule has 0 nitrogen and oxygen atoms in total. The summed E-state index contributed by atoms with van der Waals surface area (Å²) in [6.45, 7) is 15.7. The van der Waals surface area contributed by atoms with Crippen molar-refractivity contribution < 1.29 is 0 Å². The molecule has 0 aromatic heterocycles. The zero-order valence-electron chi connectivity index (χ0n) is 13.2. The molecule has 0 saturated heterocycles. The highest BCUT2D eigenvalue weighted by Crippen LogP contribution is 2.98. The lowest BCUT2D eigenvalue weighted by Gasteiger charge is -2.91. The van der Waals surface area contributed by atoms with E-state index in [9.17, 15) is 0 Å². The molecule has 6 saturated carbocycles. The number of hydrogen-bond donors (Lipinski definition) is 0. The van der Waals surface area contributed by atoms with Gasteiger partial charge in [-0.2, -0.15) is 0 Å². The fraction of sp³-hybridized carbons (Fsp3) is 1.00. The van der Waals surface area contributed by atoms with Crippen LogP contribution in [0.5, 0.6) is 0 Å². The summed E-state index contributed by atoms with van der Waals surface area (Å²) in [5.74, 6) is 0. The molecular weight excluding hydrogens is 248 g/mol. The summed E-state index contributed by atoms with van der Waals surface area (Å²) in [4.78, 5) is 0. The smallest absolute Gasteiger partial charge is 0.0506 e. The molecule has 0 aromatic carbocycles. The van der Waals surface area contributed by atoms with Crippen molar-refractivity contribution in [2.45, 2.75) is 87.9 Å². The Labute approximate surface area is 115 Å². The first-order valence-corrected chi connectivity index (χ1v) is 15.0. The summed E-state index contributed by atoms with van der Waals surface area (Å²) in [7, 11) is -1.75. The fourth-order valence-corrected chi connectivity index (χ4v) is 11.5.